The number of rotatable bonds is 7. The van der Waals surface area contributed by atoms with Gasteiger partial charge in [-0.25, -0.2) is 18.1 Å². The number of hydrogen-bond acceptors (Lipinski definition) is 6. The quantitative estimate of drug-likeness (QED) is 0.744. The molecule has 1 heterocycles. The summed E-state index contributed by atoms with van der Waals surface area (Å²) in [5.41, 5.74) is 5.95. The van der Waals surface area contributed by atoms with Gasteiger partial charge in [0.25, 0.3) is 10.0 Å². The molecule has 0 aromatic carbocycles. The number of thioether (sulfide) groups is 1. The Labute approximate surface area is 110 Å². The molecule has 0 aliphatic carbocycles. The van der Waals surface area contributed by atoms with Crippen molar-refractivity contribution in [2.45, 2.75) is 24.0 Å². The van der Waals surface area contributed by atoms with Gasteiger partial charge < -0.3 is 5.73 Å². The largest absolute Gasteiger partial charge is 0.375 e. The van der Waals surface area contributed by atoms with Crippen molar-refractivity contribution in [3.8, 4) is 0 Å². The zero-order valence-corrected chi connectivity index (χ0v) is 12.3. The van der Waals surface area contributed by atoms with E-state index in [-0.39, 0.29) is 9.34 Å². The molecule has 17 heavy (non-hydrogen) atoms. The molecule has 0 amide bonds. The SMILES string of the molecule is CSCCCCNS(=O)(=O)c1sc(N)nc1C. The van der Waals surface area contributed by atoms with Crippen molar-refractivity contribution < 1.29 is 8.42 Å². The second-order valence-electron chi connectivity index (χ2n) is 3.52. The van der Waals surface area contributed by atoms with Gasteiger partial charge in [0.15, 0.2) is 9.34 Å². The topological polar surface area (TPSA) is 85.1 Å². The molecule has 0 saturated carbocycles. The van der Waals surface area contributed by atoms with Crippen LogP contribution in [0.2, 0.25) is 0 Å². The first kappa shape index (κ1) is 14.7. The van der Waals surface area contributed by atoms with Crippen LogP contribution in [0.5, 0.6) is 0 Å². The Bertz CT molecular complexity index is 456. The summed E-state index contributed by atoms with van der Waals surface area (Å²) < 4.78 is 26.6. The van der Waals surface area contributed by atoms with E-state index in [0.29, 0.717) is 12.2 Å². The number of nitrogen functional groups attached to an aromatic ring is 1. The molecule has 1 rings (SSSR count). The van der Waals surface area contributed by atoms with Gasteiger partial charge in [-0.1, -0.05) is 11.3 Å². The molecule has 98 valence electrons. The van der Waals surface area contributed by atoms with E-state index in [1.165, 1.54) is 0 Å². The van der Waals surface area contributed by atoms with Gasteiger partial charge in [-0.05, 0) is 31.8 Å². The second kappa shape index (κ2) is 6.58. The molecule has 0 aliphatic heterocycles. The number of aromatic nitrogens is 1. The predicted molar refractivity (Wildman–Crippen MR) is 74.1 cm³/mol. The fourth-order valence-corrected chi connectivity index (χ4v) is 4.20. The van der Waals surface area contributed by atoms with Crippen LogP contribution in [0.15, 0.2) is 4.21 Å². The first-order chi connectivity index (χ1) is 7.97. The Morgan fingerprint density at radius 3 is 2.71 bits per heavy atom. The van der Waals surface area contributed by atoms with Crippen LogP contribution in [0.4, 0.5) is 5.13 Å². The summed E-state index contributed by atoms with van der Waals surface area (Å²) in [6.45, 7) is 2.11. The molecular weight excluding hydrogens is 278 g/mol. The number of unbranched alkanes of at least 4 members (excludes halogenated alkanes) is 1. The van der Waals surface area contributed by atoms with E-state index >= 15 is 0 Å². The lowest BCUT2D eigenvalue weighted by atomic mass is 10.3. The maximum Gasteiger partial charge on any atom is 0.252 e. The maximum absolute atomic E-state index is 11.9. The fraction of sp³-hybridized carbons (Fsp3) is 0.667. The van der Waals surface area contributed by atoms with E-state index in [9.17, 15) is 8.42 Å². The Balaban J connectivity index is 2.54. The Hall–Kier alpha value is -0.310. The minimum Gasteiger partial charge on any atom is -0.375 e. The van der Waals surface area contributed by atoms with Gasteiger partial charge in [0, 0.05) is 6.54 Å². The van der Waals surface area contributed by atoms with Crippen LogP contribution >= 0.6 is 23.1 Å². The monoisotopic (exact) mass is 295 g/mol. The summed E-state index contributed by atoms with van der Waals surface area (Å²) in [7, 11) is -3.44. The lowest BCUT2D eigenvalue weighted by molar-refractivity contribution is 0.580. The van der Waals surface area contributed by atoms with E-state index in [1.54, 1.807) is 18.7 Å². The Morgan fingerprint density at radius 2 is 2.18 bits per heavy atom. The number of nitrogens with zero attached hydrogens (tertiary/aromatic N) is 1. The molecule has 8 heteroatoms. The van der Waals surface area contributed by atoms with Gasteiger partial charge >= 0.3 is 0 Å². The first-order valence-corrected chi connectivity index (χ1v) is 8.88. The van der Waals surface area contributed by atoms with Crippen LogP contribution in [-0.2, 0) is 10.0 Å². The predicted octanol–water partition coefficient (Wildman–Crippen LogP) is 1.46. The van der Waals surface area contributed by atoms with Crippen molar-refractivity contribution in [1.29, 1.82) is 0 Å². The van der Waals surface area contributed by atoms with E-state index in [0.717, 1.165) is 29.9 Å². The average Bonchev–Trinajstić information content (AvgIpc) is 2.58. The van der Waals surface area contributed by atoms with Crippen LogP contribution in [0, 0.1) is 6.92 Å². The molecule has 0 aliphatic rings. The highest BCUT2D eigenvalue weighted by Gasteiger charge is 2.20. The highest BCUT2D eigenvalue weighted by atomic mass is 32.2. The molecule has 0 bridgehead atoms. The summed E-state index contributed by atoms with van der Waals surface area (Å²) in [4.78, 5) is 3.91. The zero-order valence-electron chi connectivity index (χ0n) is 9.89. The summed E-state index contributed by atoms with van der Waals surface area (Å²) in [6, 6.07) is 0. The van der Waals surface area contributed by atoms with E-state index in [1.807, 2.05) is 6.26 Å². The van der Waals surface area contributed by atoms with Crippen molar-refractivity contribution in [2.24, 2.45) is 0 Å². The molecule has 5 nitrogen and oxygen atoms in total. The maximum atomic E-state index is 11.9. The van der Waals surface area contributed by atoms with E-state index in [2.05, 4.69) is 9.71 Å². The number of nitrogens with one attached hydrogen (secondary N) is 1. The van der Waals surface area contributed by atoms with Crippen molar-refractivity contribution in [1.82, 2.24) is 9.71 Å². The molecule has 3 N–H and O–H groups in total. The Morgan fingerprint density at radius 1 is 1.47 bits per heavy atom. The lowest BCUT2D eigenvalue weighted by Gasteiger charge is -2.04. The highest BCUT2D eigenvalue weighted by molar-refractivity contribution is 7.98. The smallest absolute Gasteiger partial charge is 0.252 e. The van der Waals surface area contributed by atoms with Crippen LogP contribution < -0.4 is 10.5 Å². The summed E-state index contributed by atoms with van der Waals surface area (Å²) in [6.07, 6.45) is 3.88. The molecule has 0 atom stereocenters. The van der Waals surface area contributed by atoms with E-state index < -0.39 is 10.0 Å². The minimum absolute atomic E-state index is 0.222. The summed E-state index contributed by atoms with van der Waals surface area (Å²) in [5, 5.41) is 0.283. The molecule has 0 radical (unpaired) electrons. The number of sulfonamides is 1. The van der Waals surface area contributed by atoms with Crippen LogP contribution in [-0.4, -0.2) is 32.0 Å². The number of thiazole rings is 1. The van der Waals surface area contributed by atoms with Crippen LogP contribution in [0.25, 0.3) is 0 Å². The molecule has 0 fully saturated rings. The normalized spacial score (nSPS) is 11.9. The van der Waals surface area contributed by atoms with Crippen molar-refractivity contribution in [2.75, 3.05) is 24.3 Å². The van der Waals surface area contributed by atoms with E-state index in [4.69, 9.17) is 5.73 Å². The highest BCUT2D eigenvalue weighted by Crippen LogP contribution is 2.24. The van der Waals surface area contributed by atoms with Gasteiger partial charge in [-0.3, -0.25) is 0 Å². The van der Waals surface area contributed by atoms with Gasteiger partial charge in [0.05, 0.1) is 5.69 Å². The number of anilines is 1. The fourth-order valence-electron chi connectivity index (χ4n) is 1.30. The molecule has 0 spiro atoms. The molecular formula is C9H17N3O2S3. The van der Waals surface area contributed by atoms with Crippen LogP contribution in [0.3, 0.4) is 0 Å². The zero-order chi connectivity index (χ0) is 12.9. The summed E-state index contributed by atoms with van der Waals surface area (Å²) >= 11 is 2.76. The van der Waals surface area contributed by atoms with Gasteiger partial charge in [-0.15, -0.1) is 0 Å². The lowest BCUT2D eigenvalue weighted by Crippen LogP contribution is -2.24. The van der Waals surface area contributed by atoms with Gasteiger partial charge in [0.2, 0.25) is 0 Å². The number of nitrogens with two attached hydrogens (primary N) is 1. The minimum atomic E-state index is -3.44. The van der Waals surface area contributed by atoms with Crippen molar-refractivity contribution in [3.63, 3.8) is 0 Å². The molecule has 1 aromatic heterocycles. The van der Waals surface area contributed by atoms with Crippen molar-refractivity contribution >= 4 is 38.3 Å². The van der Waals surface area contributed by atoms with Gasteiger partial charge in [-0.2, -0.15) is 11.8 Å². The molecule has 1 aromatic rings. The third-order valence-corrected chi connectivity index (χ3v) is 5.84. The molecule has 0 saturated heterocycles. The second-order valence-corrected chi connectivity index (χ2v) is 7.50. The molecule has 0 unspecified atom stereocenters. The first-order valence-electron chi connectivity index (χ1n) is 5.19. The summed E-state index contributed by atoms with van der Waals surface area (Å²) in [5.74, 6) is 1.05. The standard InChI is InChI=1S/C9H17N3O2S3/c1-7-8(16-9(10)12-7)17(13,14)11-5-3-4-6-15-2/h11H,3-6H2,1-2H3,(H2,10,12). The van der Waals surface area contributed by atoms with Crippen LogP contribution in [0.1, 0.15) is 18.5 Å². The third kappa shape index (κ3) is 4.46. The number of aryl methyl sites for hydroxylation is 1. The van der Waals surface area contributed by atoms with Crippen molar-refractivity contribution in [3.05, 3.63) is 5.69 Å². The Kier molecular flexibility index (Phi) is 5.71. The number of hydrogen-bond donors (Lipinski definition) is 2. The third-order valence-electron chi connectivity index (χ3n) is 2.08. The van der Waals surface area contributed by atoms with Gasteiger partial charge in [0.1, 0.15) is 0 Å². The average molecular weight is 295 g/mol.